The first-order valence-electron chi connectivity index (χ1n) is 11.8. The van der Waals surface area contributed by atoms with E-state index in [2.05, 4.69) is 41.0 Å². The molecule has 0 unspecified atom stereocenters. The summed E-state index contributed by atoms with van der Waals surface area (Å²) < 4.78 is 2.01. The summed E-state index contributed by atoms with van der Waals surface area (Å²) in [6, 6.07) is 17.8. The van der Waals surface area contributed by atoms with Crippen LogP contribution in [0, 0.1) is 0 Å². The van der Waals surface area contributed by atoms with E-state index in [1.54, 1.807) is 6.07 Å². The fourth-order valence-corrected chi connectivity index (χ4v) is 4.98. The van der Waals surface area contributed by atoms with E-state index >= 15 is 0 Å². The molecule has 0 aliphatic carbocycles. The number of benzene rings is 2. The highest BCUT2D eigenvalue weighted by molar-refractivity contribution is 5.94. The molecule has 1 fully saturated rings. The van der Waals surface area contributed by atoms with Gasteiger partial charge in [0.2, 0.25) is 0 Å². The number of hydrogen-bond acceptors (Lipinski definition) is 5. The van der Waals surface area contributed by atoms with Crippen LogP contribution in [0.1, 0.15) is 34.2 Å². The Morgan fingerprint density at radius 3 is 2.52 bits per heavy atom. The molecule has 0 saturated carbocycles. The number of rotatable bonds is 5. The standard InChI is InChI=1S/C26H31N5O2/c1-2-31-24-11-12-28(18-20-7-6-10-22(32)17-20)19-23(24)25(27-31)26(33)30-15-13-29(14-16-30)21-8-4-3-5-9-21/h3-10,17,32H,2,11-16,18-19H2,1H3. The van der Waals surface area contributed by atoms with Crippen LogP contribution in [0.3, 0.4) is 0 Å². The minimum absolute atomic E-state index is 0.0466. The second-order valence-electron chi connectivity index (χ2n) is 8.83. The van der Waals surface area contributed by atoms with Crippen molar-refractivity contribution in [2.75, 3.05) is 37.6 Å². The lowest BCUT2D eigenvalue weighted by Crippen LogP contribution is -2.49. The van der Waals surface area contributed by atoms with Crippen LogP contribution in [0.25, 0.3) is 0 Å². The summed E-state index contributed by atoms with van der Waals surface area (Å²) >= 11 is 0. The van der Waals surface area contributed by atoms with E-state index in [-0.39, 0.29) is 11.7 Å². The number of anilines is 1. The third-order valence-corrected chi connectivity index (χ3v) is 6.72. The van der Waals surface area contributed by atoms with E-state index in [0.717, 1.165) is 50.3 Å². The smallest absolute Gasteiger partial charge is 0.274 e. The highest BCUT2D eigenvalue weighted by atomic mass is 16.3. The van der Waals surface area contributed by atoms with Crippen LogP contribution in [0.5, 0.6) is 5.75 Å². The van der Waals surface area contributed by atoms with Crippen molar-refractivity contribution < 1.29 is 9.90 Å². The summed E-state index contributed by atoms with van der Waals surface area (Å²) in [7, 11) is 0. The van der Waals surface area contributed by atoms with Gasteiger partial charge in [-0.1, -0.05) is 30.3 Å². The van der Waals surface area contributed by atoms with Gasteiger partial charge in [-0.3, -0.25) is 14.4 Å². The lowest BCUT2D eigenvalue weighted by atomic mass is 10.0. The van der Waals surface area contributed by atoms with E-state index in [0.29, 0.717) is 25.3 Å². The van der Waals surface area contributed by atoms with Gasteiger partial charge in [0.05, 0.1) is 0 Å². The maximum atomic E-state index is 13.5. The quantitative estimate of drug-likeness (QED) is 0.654. The topological polar surface area (TPSA) is 64.8 Å². The van der Waals surface area contributed by atoms with Gasteiger partial charge in [0.1, 0.15) is 5.75 Å². The SMILES string of the molecule is CCn1nc(C(=O)N2CCN(c3ccccc3)CC2)c2c1CCN(Cc1cccc(O)c1)C2. The predicted molar refractivity (Wildman–Crippen MR) is 128 cm³/mol. The summed E-state index contributed by atoms with van der Waals surface area (Å²) in [6.07, 6.45) is 0.879. The molecule has 3 aromatic rings. The molecule has 7 nitrogen and oxygen atoms in total. The van der Waals surface area contributed by atoms with Crippen molar-refractivity contribution in [1.29, 1.82) is 0 Å². The summed E-state index contributed by atoms with van der Waals surface area (Å²) in [6.45, 7) is 8.28. The Bertz CT molecular complexity index is 1120. The molecular formula is C26H31N5O2. The summed E-state index contributed by atoms with van der Waals surface area (Å²) in [5.74, 6) is 0.333. The monoisotopic (exact) mass is 445 g/mol. The fourth-order valence-electron chi connectivity index (χ4n) is 4.98. The Labute approximate surface area is 194 Å². The molecule has 172 valence electrons. The van der Waals surface area contributed by atoms with Gasteiger partial charge in [0.15, 0.2) is 5.69 Å². The number of aromatic hydroxyl groups is 1. The number of amides is 1. The Kier molecular flexibility index (Phi) is 6.05. The molecule has 1 amide bonds. The van der Waals surface area contributed by atoms with Crippen LogP contribution in [0.15, 0.2) is 54.6 Å². The second-order valence-corrected chi connectivity index (χ2v) is 8.83. The maximum Gasteiger partial charge on any atom is 0.274 e. The summed E-state index contributed by atoms with van der Waals surface area (Å²) in [5.41, 5.74) is 5.15. The van der Waals surface area contributed by atoms with Gasteiger partial charge in [0, 0.05) is 75.7 Å². The van der Waals surface area contributed by atoms with Crippen molar-refractivity contribution in [2.24, 2.45) is 0 Å². The number of carbonyl (C=O) groups excluding carboxylic acids is 1. The number of carbonyl (C=O) groups is 1. The fraction of sp³-hybridized carbons (Fsp3) is 0.385. The van der Waals surface area contributed by atoms with Crippen molar-refractivity contribution >= 4 is 11.6 Å². The molecule has 2 aliphatic rings. The van der Waals surface area contributed by atoms with Crippen molar-refractivity contribution in [3.05, 3.63) is 77.1 Å². The van der Waals surface area contributed by atoms with Gasteiger partial charge in [-0.15, -0.1) is 0 Å². The average Bonchev–Trinajstić information content (AvgIpc) is 3.22. The van der Waals surface area contributed by atoms with Crippen LogP contribution in [0.4, 0.5) is 5.69 Å². The number of hydrogen-bond donors (Lipinski definition) is 1. The molecule has 3 heterocycles. The highest BCUT2D eigenvalue weighted by Gasteiger charge is 2.31. The van der Waals surface area contributed by atoms with Gasteiger partial charge >= 0.3 is 0 Å². The van der Waals surface area contributed by atoms with Gasteiger partial charge < -0.3 is 14.9 Å². The largest absolute Gasteiger partial charge is 0.508 e. The molecular weight excluding hydrogens is 414 g/mol. The number of aryl methyl sites for hydroxylation is 1. The number of phenols is 1. The number of aromatic nitrogens is 2. The van der Waals surface area contributed by atoms with E-state index in [4.69, 9.17) is 5.10 Å². The molecule has 1 aromatic heterocycles. The van der Waals surface area contributed by atoms with E-state index in [9.17, 15) is 9.90 Å². The molecule has 0 radical (unpaired) electrons. The van der Waals surface area contributed by atoms with Crippen LogP contribution >= 0.6 is 0 Å². The molecule has 1 saturated heterocycles. The van der Waals surface area contributed by atoms with E-state index < -0.39 is 0 Å². The van der Waals surface area contributed by atoms with Crippen molar-refractivity contribution in [3.63, 3.8) is 0 Å². The molecule has 0 spiro atoms. The summed E-state index contributed by atoms with van der Waals surface area (Å²) in [4.78, 5) is 20.2. The molecule has 33 heavy (non-hydrogen) atoms. The molecule has 1 N–H and O–H groups in total. The van der Waals surface area contributed by atoms with Crippen LogP contribution in [-0.2, 0) is 26.1 Å². The number of piperazine rings is 1. The number of nitrogens with zero attached hydrogens (tertiary/aromatic N) is 5. The zero-order valence-electron chi connectivity index (χ0n) is 19.2. The summed E-state index contributed by atoms with van der Waals surface area (Å²) in [5, 5.41) is 14.6. The van der Waals surface area contributed by atoms with Crippen molar-refractivity contribution in [3.8, 4) is 5.75 Å². The average molecular weight is 446 g/mol. The van der Waals surface area contributed by atoms with Crippen molar-refractivity contribution in [1.82, 2.24) is 19.6 Å². The Balaban J connectivity index is 1.31. The van der Waals surface area contributed by atoms with Gasteiger partial charge in [-0.2, -0.15) is 5.10 Å². The Morgan fingerprint density at radius 1 is 1.00 bits per heavy atom. The number of phenolic OH excluding ortho intramolecular Hbond substituents is 1. The molecule has 0 bridgehead atoms. The lowest BCUT2D eigenvalue weighted by Gasteiger charge is -2.36. The normalized spacial score (nSPS) is 16.6. The third-order valence-electron chi connectivity index (χ3n) is 6.72. The van der Waals surface area contributed by atoms with Gasteiger partial charge in [-0.25, -0.2) is 0 Å². The lowest BCUT2D eigenvalue weighted by molar-refractivity contribution is 0.0737. The second kappa shape index (κ2) is 9.27. The van der Waals surface area contributed by atoms with Gasteiger partial charge in [-0.05, 0) is 36.8 Å². The zero-order valence-corrected chi connectivity index (χ0v) is 19.2. The molecule has 2 aliphatic heterocycles. The minimum atomic E-state index is 0.0466. The number of para-hydroxylation sites is 1. The Morgan fingerprint density at radius 2 is 1.79 bits per heavy atom. The third kappa shape index (κ3) is 4.46. The molecule has 7 heteroatoms. The predicted octanol–water partition coefficient (Wildman–Crippen LogP) is 3.13. The van der Waals surface area contributed by atoms with Crippen LogP contribution in [0.2, 0.25) is 0 Å². The van der Waals surface area contributed by atoms with Crippen LogP contribution < -0.4 is 4.90 Å². The first-order chi connectivity index (χ1) is 16.1. The van der Waals surface area contributed by atoms with Gasteiger partial charge in [0.25, 0.3) is 5.91 Å². The molecule has 5 rings (SSSR count). The zero-order chi connectivity index (χ0) is 22.8. The minimum Gasteiger partial charge on any atom is -0.508 e. The Hall–Kier alpha value is -3.32. The number of fused-ring (bicyclic) bond motifs is 1. The highest BCUT2D eigenvalue weighted by Crippen LogP contribution is 2.26. The first-order valence-corrected chi connectivity index (χ1v) is 11.8. The maximum absolute atomic E-state index is 13.5. The van der Waals surface area contributed by atoms with E-state index in [1.807, 2.05) is 33.8 Å². The van der Waals surface area contributed by atoms with E-state index in [1.165, 1.54) is 11.4 Å². The van der Waals surface area contributed by atoms with Crippen molar-refractivity contribution in [2.45, 2.75) is 33.0 Å². The molecule has 0 atom stereocenters. The molecule has 2 aromatic carbocycles. The first kappa shape index (κ1) is 21.5. The van der Waals surface area contributed by atoms with Crippen LogP contribution in [-0.4, -0.2) is 63.3 Å².